The average molecular weight is 322 g/mol. The molecule has 0 radical (unpaired) electrons. The predicted molar refractivity (Wildman–Crippen MR) is 68.0 cm³/mol. The van der Waals surface area contributed by atoms with Crippen LogP contribution in [0.15, 0.2) is 22.7 Å². The number of hydrogen-bond acceptors (Lipinski definition) is 3. The molecule has 6 heteroatoms. The van der Waals surface area contributed by atoms with Gasteiger partial charge in [-0.25, -0.2) is 12.8 Å². The van der Waals surface area contributed by atoms with Crippen LogP contribution < -0.4 is 5.73 Å². The zero-order valence-corrected chi connectivity index (χ0v) is 11.5. The van der Waals surface area contributed by atoms with Crippen LogP contribution in [0.1, 0.15) is 12.0 Å². The molecule has 0 bridgehead atoms. The van der Waals surface area contributed by atoms with Gasteiger partial charge in [-0.05, 0) is 46.5 Å². The molecule has 1 fully saturated rings. The summed E-state index contributed by atoms with van der Waals surface area (Å²) in [7, 11) is -3.00. The third kappa shape index (κ3) is 3.05. The van der Waals surface area contributed by atoms with Crippen LogP contribution in [0.2, 0.25) is 0 Å². The molecular weight excluding hydrogens is 309 g/mol. The quantitative estimate of drug-likeness (QED) is 0.901. The lowest BCUT2D eigenvalue weighted by Crippen LogP contribution is -2.43. The first-order valence-corrected chi connectivity index (χ1v) is 7.84. The summed E-state index contributed by atoms with van der Waals surface area (Å²) in [4.78, 5) is 0. The number of halogens is 2. The van der Waals surface area contributed by atoms with Crippen molar-refractivity contribution in [2.24, 2.45) is 5.73 Å². The number of nitrogens with two attached hydrogens (primary N) is 1. The summed E-state index contributed by atoms with van der Waals surface area (Å²) in [5, 5.41) is 0. The van der Waals surface area contributed by atoms with Crippen LogP contribution in [-0.2, 0) is 16.3 Å². The highest BCUT2D eigenvalue weighted by atomic mass is 79.9. The molecule has 0 aliphatic carbocycles. The molecule has 1 heterocycles. The Hall–Kier alpha value is -0.460. The van der Waals surface area contributed by atoms with E-state index in [0.29, 0.717) is 17.3 Å². The molecule has 1 saturated heterocycles. The van der Waals surface area contributed by atoms with Gasteiger partial charge in [-0.2, -0.15) is 0 Å². The van der Waals surface area contributed by atoms with Gasteiger partial charge in [0, 0.05) is 5.54 Å². The number of hydrogen-bond donors (Lipinski definition) is 1. The lowest BCUT2D eigenvalue weighted by Gasteiger charge is -2.22. The van der Waals surface area contributed by atoms with Crippen molar-refractivity contribution in [1.29, 1.82) is 0 Å². The topological polar surface area (TPSA) is 60.2 Å². The molecule has 1 aliphatic heterocycles. The van der Waals surface area contributed by atoms with E-state index in [0.717, 1.165) is 5.56 Å². The minimum absolute atomic E-state index is 0.00892. The Morgan fingerprint density at radius 2 is 2.18 bits per heavy atom. The molecular formula is C11H13BrFNO2S. The molecule has 1 aromatic carbocycles. The Labute approximate surface area is 108 Å². The van der Waals surface area contributed by atoms with E-state index in [4.69, 9.17) is 5.73 Å². The fourth-order valence-electron chi connectivity index (χ4n) is 2.14. The first-order valence-electron chi connectivity index (χ1n) is 5.23. The van der Waals surface area contributed by atoms with Crippen LogP contribution in [0.25, 0.3) is 0 Å². The SMILES string of the molecule is NC1(Cc2ccc(F)c(Br)c2)CCS(=O)(=O)C1. The van der Waals surface area contributed by atoms with Crippen LogP contribution in [0.3, 0.4) is 0 Å². The van der Waals surface area contributed by atoms with Gasteiger partial charge in [-0.3, -0.25) is 0 Å². The summed E-state index contributed by atoms with van der Waals surface area (Å²) >= 11 is 3.10. The monoisotopic (exact) mass is 321 g/mol. The Bertz CT molecular complexity index is 546. The zero-order chi connectivity index (χ0) is 12.7. The average Bonchev–Trinajstić information content (AvgIpc) is 2.47. The molecule has 1 unspecified atom stereocenters. The Balaban J connectivity index is 2.19. The van der Waals surface area contributed by atoms with Crippen molar-refractivity contribution in [3.63, 3.8) is 0 Å². The van der Waals surface area contributed by atoms with Gasteiger partial charge < -0.3 is 5.73 Å². The van der Waals surface area contributed by atoms with Gasteiger partial charge in [-0.15, -0.1) is 0 Å². The van der Waals surface area contributed by atoms with Crippen LogP contribution in [0, 0.1) is 5.82 Å². The molecule has 2 rings (SSSR count). The minimum Gasteiger partial charge on any atom is -0.324 e. The standard InChI is InChI=1S/C11H13BrFNO2S/c12-9-5-8(1-2-10(9)13)6-11(14)3-4-17(15,16)7-11/h1-2,5H,3-4,6-7,14H2. The van der Waals surface area contributed by atoms with Gasteiger partial charge >= 0.3 is 0 Å². The highest BCUT2D eigenvalue weighted by Gasteiger charge is 2.38. The summed E-state index contributed by atoms with van der Waals surface area (Å²) in [5.41, 5.74) is 6.20. The van der Waals surface area contributed by atoms with Gasteiger partial charge in [0.2, 0.25) is 0 Å². The predicted octanol–water partition coefficient (Wildman–Crippen LogP) is 1.65. The van der Waals surface area contributed by atoms with Crippen molar-refractivity contribution in [3.05, 3.63) is 34.1 Å². The molecule has 0 aromatic heterocycles. The Kier molecular flexibility index (Phi) is 3.31. The van der Waals surface area contributed by atoms with Crippen molar-refractivity contribution >= 4 is 25.8 Å². The maximum Gasteiger partial charge on any atom is 0.152 e. The second-order valence-electron chi connectivity index (χ2n) is 4.63. The largest absolute Gasteiger partial charge is 0.324 e. The van der Waals surface area contributed by atoms with E-state index in [2.05, 4.69) is 15.9 Å². The first-order chi connectivity index (χ1) is 7.80. The summed E-state index contributed by atoms with van der Waals surface area (Å²) in [6, 6.07) is 4.64. The van der Waals surface area contributed by atoms with E-state index in [-0.39, 0.29) is 17.3 Å². The van der Waals surface area contributed by atoms with Crippen molar-refractivity contribution in [1.82, 2.24) is 0 Å². The molecule has 0 amide bonds. The first kappa shape index (κ1) is 13.0. The smallest absolute Gasteiger partial charge is 0.152 e. The van der Waals surface area contributed by atoms with E-state index in [9.17, 15) is 12.8 Å². The van der Waals surface area contributed by atoms with Crippen LogP contribution in [-0.4, -0.2) is 25.5 Å². The second kappa shape index (κ2) is 4.33. The third-order valence-corrected chi connectivity index (χ3v) is 5.41. The number of rotatable bonds is 2. The molecule has 0 saturated carbocycles. The summed E-state index contributed by atoms with van der Waals surface area (Å²) in [6.45, 7) is 0. The third-order valence-electron chi connectivity index (χ3n) is 2.96. The lowest BCUT2D eigenvalue weighted by molar-refractivity contribution is 0.476. The van der Waals surface area contributed by atoms with Gasteiger partial charge in [0.15, 0.2) is 9.84 Å². The normalized spacial score (nSPS) is 27.2. The Morgan fingerprint density at radius 1 is 1.47 bits per heavy atom. The van der Waals surface area contributed by atoms with E-state index in [1.54, 1.807) is 12.1 Å². The number of benzene rings is 1. The fourth-order valence-corrected chi connectivity index (χ4v) is 4.55. The molecule has 17 heavy (non-hydrogen) atoms. The van der Waals surface area contributed by atoms with Crippen molar-refractivity contribution in [2.45, 2.75) is 18.4 Å². The maximum absolute atomic E-state index is 13.1. The van der Waals surface area contributed by atoms with Crippen LogP contribution >= 0.6 is 15.9 Å². The molecule has 1 atom stereocenters. The zero-order valence-electron chi connectivity index (χ0n) is 9.12. The van der Waals surface area contributed by atoms with Crippen molar-refractivity contribution in [2.75, 3.05) is 11.5 Å². The minimum atomic E-state index is -3.00. The van der Waals surface area contributed by atoms with Crippen LogP contribution in [0.5, 0.6) is 0 Å². The maximum atomic E-state index is 13.1. The Morgan fingerprint density at radius 3 is 2.71 bits per heavy atom. The van der Waals surface area contributed by atoms with Crippen LogP contribution in [0.4, 0.5) is 4.39 Å². The summed E-state index contributed by atoms with van der Waals surface area (Å²) in [6.07, 6.45) is 0.912. The van der Waals surface area contributed by atoms with Gasteiger partial charge in [0.05, 0.1) is 16.0 Å². The summed E-state index contributed by atoms with van der Waals surface area (Å²) in [5.74, 6) is -0.181. The second-order valence-corrected chi connectivity index (χ2v) is 7.67. The van der Waals surface area contributed by atoms with E-state index in [1.807, 2.05) is 0 Å². The fraction of sp³-hybridized carbons (Fsp3) is 0.455. The highest BCUT2D eigenvalue weighted by molar-refractivity contribution is 9.10. The van der Waals surface area contributed by atoms with E-state index in [1.165, 1.54) is 6.07 Å². The molecule has 0 spiro atoms. The van der Waals surface area contributed by atoms with Crippen molar-refractivity contribution < 1.29 is 12.8 Å². The number of sulfone groups is 1. The highest BCUT2D eigenvalue weighted by Crippen LogP contribution is 2.26. The lowest BCUT2D eigenvalue weighted by atomic mass is 9.91. The summed E-state index contributed by atoms with van der Waals surface area (Å²) < 4.78 is 36.2. The van der Waals surface area contributed by atoms with Gasteiger partial charge in [0.1, 0.15) is 5.82 Å². The molecule has 2 N–H and O–H groups in total. The molecule has 1 aliphatic rings. The van der Waals surface area contributed by atoms with Gasteiger partial charge in [-0.1, -0.05) is 6.07 Å². The molecule has 3 nitrogen and oxygen atoms in total. The van der Waals surface area contributed by atoms with E-state index < -0.39 is 15.4 Å². The van der Waals surface area contributed by atoms with Crippen molar-refractivity contribution in [3.8, 4) is 0 Å². The molecule has 94 valence electrons. The van der Waals surface area contributed by atoms with Gasteiger partial charge in [0.25, 0.3) is 0 Å². The van der Waals surface area contributed by atoms with E-state index >= 15 is 0 Å². The molecule has 1 aromatic rings.